The molecule has 2 aliphatic rings. The molecule has 1 N–H and O–H groups in total. The summed E-state index contributed by atoms with van der Waals surface area (Å²) in [6.07, 6.45) is 3.95. The summed E-state index contributed by atoms with van der Waals surface area (Å²) in [5, 5.41) is 2.69. The Morgan fingerprint density at radius 1 is 1.25 bits per heavy atom. The largest absolute Gasteiger partial charge is 0.453 e. The highest BCUT2D eigenvalue weighted by molar-refractivity contribution is 6.03. The van der Waals surface area contributed by atoms with Crippen LogP contribution in [0.25, 0.3) is 5.57 Å². The van der Waals surface area contributed by atoms with Crippen molar-refractivity contribution in [2.45, 2.75) is 52.1 Å². The average molecular weight is 383 g/mol. The van der Waals surface area contributed by atoms with Crippen molar-refractivity contribution in [3.8, 4) is 0 Å². The first-order valence-electron chi connectivity index (χ1n) is 9.88. The lowest BCUT2D eigenvalue weighted by Crippen LogP contribution is -2.53. The molecule has 0 radical (unpaired) electrons. The summed E-state index contributed by atoms with van der Waals surface area (Å²) in [6, 6.07) is 7.83. The molecule has 0 bridgehead atoms. The molecule has 1 aromatic rings. The molecule has 0 aliphatic carbocycles. The van der Waals surface area contributed by atoms with Gasteiger partial charge in [0.05, 0.1) is 13.2 Å². The van der Waals surface area contributed by atoms with Gasteiger partial charge in [-0.05, 0) is 36.8 Å². The maximum Gasteiger partial charge on any atom is 0.407 e. The Labute approximate surface area is 166 Å². The Balaban J connectivity index is 1.70. The number of rotatable bonds is 5. The Morgan fingerprint density at radius 2 is 1.96 bits per heavy atom. The molecule has 0 saturated carbocycles. The maximum atomic E-state index is 13.2. The minimum absolute atomic E-state index is 0.00704. The third kappa shape index (κ3) is 4.26. The third-order valence-corrected chi connectivity index (χ3v) is 5.49. The first-order chi connectivity index (χ1) is 13.4. The number of hydrogen-bond acceptors (Lipinski definition) is 4. The number of alkyl carbamates (subject to hydrolysis) is 1. The molecule has 0 aromatic heterocycles. The smallest absolute Gasteiger partial charge is 0.407 e. The van der Waals surface area contributed by atoms with Gasteiger partial charge in [0.25, 0.3) is 0 Å². The number of amides is 2. The van der Waals surface area contributed by atoms with E-state index in [-0.39, 0.29) is 17.9 Å². The molecule has 6 nitrogen and oxygen atoms in total. The molecule has 3 rings (SSSR count). The normalized spacial score (nSPS) is 20.0. The monoisotopic (exact) mass is 383 g/mol. The van der Waals surface area contributed by atoms with E-state index in [1.165, 1.54) is 23.8 Å². The topological polar surface area (TPSA) is 71.0 Å². The fraction of sp³-hybridized carbons (Fsp3) is 0.500. The molecule has 0 unspecified atom stereocenters. The van der Waals surface area contributed by atoms with E-state index in [0.29, 0.717) is 6.54 Å². The van der Waals surface area contributed by atoms with Crippen LogP contribution in [-0.2, 0) is 9.53 Å². The van der Waals surface area contributed by atoms with Gasteiger partial charge in [-0.25, -0.2) is 4.79 Å². The van der Waals surface area contributed by atoms with Crippen LogP contribution in [0.15, 0.2) is 35.5 Å². The average Bonchev–Trinajstić information content (AvgIpc) is 3.34. The Bertz CT molecular complexity index is 796. The van der Waals surface area contributed by atoms with E-state index >= 15 is 0 Å². The first-order valence-corrected chi connectivity index (χ1v) is 9.88. The zero-order chi connectivity index (χ0) is 20.3. The summed E-state index contributed by atoms with van der Waals surface area (Å²) < 4.78 is 4.69. The molecule has 0 spiro atoms. The Kier molecular flexibility index (Phi) is 6.17. The highest BCUT2D eigenvalue weighted by Crippen LogP contribution is 2.30. The second-order valence-electron chi connectivity index (χ2n) is 7.86. The molecule has 2 heterocycles. The number of carbonyl (C=O) groups is 2. The van der Waals surface area contributed by atoms with E-state index < -0.39 is 12.1 Å². The summed E-state index contributed by atoms with van der Waals surface area (Å²) in [7, 11) is 1.31. The van der Waals surface area contributed by atoms with Crippen molar-refractivity contribution in [2.75, 3.05) is 13.7 Å². The van der Waals surface area contributed by atoms with Crippen molar-refractivity contribution < 1.29 is 14.3 Å². The van der Waals surface area contributed by atoms with Crippen LogP contribution in [0, 0.1) is 12.8 Å². The summed E-state index contributed by atoms with van der Waals surface area (Å²) in [4.78, 5) is 31.4. The van der Waals surface area contributed by atoms with Crippen LogP contribution < -0.4 is 5.32 Å². The van der Waals surface area contributed by atoms with Crippen molar-refractivity contribution in [3.05, 3.63) is 41.6 Å². The number of allylic oxidation sites excluding steroid dienone is 1. The van der Waals surface area contributed by atoms with Crippen molar-refractivity contribution in [3.63, 3.8) is 0 Å². The van der Waals surface area contributed by atoms with Crippen LogP contribution in [0.1, 0.15) is 44.2 Å². The second-order valence-corrected chi connectivity index (χ2v) is 7.86. The lowest BCUT2D eigenvalue weighted by molar-refractivity contribution is -0.134. The van der Waals surface area contributed by atoms with Crippen molar-refractivity contribution in [1.82, 2.24) is 10.2 Å². The molecule has 2 atom stereocenters. The highest BCUT2D eigenvalue weighted by atomic mass is 16.5. The van der Waals surface area contributed by atoms with Crippen LogP contribution >= 0.6 is 0 Å². The zero-order valence-electron chi connectivity index (χ0n) is 17.1. The lowest BCUT2D eigenvalue weighted by Gasteiger charge is -2.31. The molecule has 1 saturated heterocycles. The molecule has 2 aliphatic heterocycles. The van der Waals surface area contributed by atoms with Crippen LogP contribution in [0.4, 0.5) is 4.79 Å². The minimum Gasteiger partial charge on any atom is -0.453 e. The second kappa shape index (κ2) is 8.59. The van der Waals surface area contributed by atoms with Gasteiger partial charge in [0.15, 0.2) is 0 Å². The van der Waals surface area contributed by atoms with Gasteiger partial charge >= 0.3 is 6.09 Å². The molecule has 6 heteroatoms. The van der Waals surface area contributed by atoms with Crippen LogP contribution in [0.5, 0.6) is 0 Å². The van der Waals surface area contributed by atoms with Gasteiger partial charge in [0.2, 0.25) is 5.91 Å². The minimum atomic E-state index is -0.598. The number of aliphatic imine (C=N–C) groups is 1. The van der Waals surface area contributed by atoms with Crippen molar-refractivity contribution in [2.24, 2.45) is 10.9 Å². The molecule has 2 amide bonds. The number of carbonyl (C=O) groups excluding carboxylic acids is 2. The Hall–Kier alpha value is -2.63. The van der Waals surface area contributed by atoms with Crippen LogP contribution in [-0.4, -0.2) is 48.4 Å². The first kappa shape index (κ1) is 20.1. The summed E-state index contributed by atoms with van der Waals surface area (Å²) >= 11 is 0. The van der Waals surface area contributed by atoms with Crippen LogP contribution in [0.3, 0.4) is 0 Å². The zero-order valence-corrected chi connectivity index (χ0v) is 17.1. The number of hydrogen-bond donors (Lipinski definition) is 1. The van der Waals surface area contributed by atoms with Gasteiger partial charge in [0, 0.05) is 24.9 Å². The highest BCUT2D eigenvalue weighted by Gasteiger charge is 2.38. The predicted molar refractivity (Wildman–Crippen MR) is 110 cm³/mol. The number of benzene rings is 1. The van der Waals surface area contributed by atoms with Gasteiger partial charge in [-0.3, -0.25) is 9.79 Å². The predicted octanol–water partition coefficient (Wildman–Crippen LogP) is 3.55. The van der Waals surface area contributed by atoms with Gasteiger partial charge in [0.1, 0.15) is 6.04 Å². The molecular formula is C22H29N3O3. The van der Waals surface area contributed by atoms with E-state index in [4.69, 9.17) is 0 Å². The van der Waals surface area contributed by atoms with E-state index in [2.05, 4.69) is 46.2 Å². The SMILES string of the molecule is COC(=O)N[C@H](C(=O)N1CCC[C@H]1C1=NC=C(c2ccc(C)cc2)C1)C(C)C. The van der Waals surface area contributed by atoms with E-state index in [9.17, 15) is 9.59 Å². The van der Waals surface area contributed by atoms with E-state index in [0.717, 1.165) is 25.0 Å². The fourth-order valence-corrected chi connectivity index (χ4v) is 3.85. The molecule has 1 fully saturated rings. The Morgan fingerprint density at radius 3 is 2.61 bits per heavy atom. The molecule has 1 aromatic carbocycles. The number of aryl methyl sites for hydroxylation is 1. The summed E-state index contributed by atoms with van der Waals surface area (Å²) in [6.45, 7) is 6.61. The van der Waals surface area contributed by atoms with Crippen LogP contribution in [0.2, 0.25) is 0 Å². The van der Waals surface area contributed by atoms with E-state index in [1.54, 1.807) is 0 Å². The number of likely N-dealkylation sites (tertiary alicyclic amines) is 1. The summed E-state index contributed by atoms with van der Waals surface area (Å²) in [5.74, 6) is -0.0889. The number of nitrogens with zero attached hydrogens (tertiary/aromatic N) is 2. The molecular weight excluding hydrogens is 354 g/mol. The van der Waals surface area contributed by atoms with Gasteiger partial charge in [-0.1, -0.05) is 43.7 Å². The van der Waals surface area contributed by atoms with Gasteiger partial charge in [-0.15, -0.1) is 0 Å². The maximum absolute atomic E-state index is 13.2. The van der Waals surface area contributed by atoms with Gasteiger partial charge in [-0.2, -0.15) is 0 Å². The molecule has 150 valence electrons. The summed E-state index contributed by atoms with van der Waals surface area (Å²) in [5.41, 5.74) is 4.62. The lowest BCUT2D eigenvalue weighted by atomic mass is 9.97. The van der Waals surface area contributed by atoms with E-state index in [1.807, 2.05) is 24.9 Å². The quantitative estimate of drug-likeness (QED) is 0.845. The van der Waals surface area contributed by atoms with Gasteiger partial charge < -0.3 is 15.0 Å². The van der Waals surface area contributed by atoms with Crippen molar-refractivity contribution >= 4 is 23.3 Å². The fourth-order valence-electron chi connectivity index (χ4n) is 3.85. The number of methoxy groups -OCH3 is 1. The molecule has 28 heavy (non-hydrogen) atoms. The third-order valence-electron chi connectivity index (χ3n) is 5.49. The number of nitrogens with one attached hydrogen (secondary N) is 1. The number of ether oxygens (including phenoxy) is 1. The van der Waals surface area contributed by atoms with Crippen molar-refractivity contribution in [1.29, 1.82) is 0 Å². The standard InChI is InChI=1S/C22H29N3O3/c1-14(2)20(24-22(27)28-4)21(26)25-11-5-6-19(25)18-12-17(13-23-18)16-9-7-15(3)8-10-16/h7-10,13-14,19-20H,5-6,11-12H2,1-4H3,(H,24,27)/t19-,20-/m0/s1.